The second-order valence-electron chi connectivity index (χ2n) is 3.09. The lowest BCUT2D eigenvalue weighted by Crippen LogP contribution is -1.90. The average Bonchev–Trinajstić information content (AvgIpc) is 2.41. The second kappa shape index (κ2) is 2.35. The van der Waals surface area contributed by atoms with Crippen LogP contribution in [0.5, 0.6) is 0 Å². The van der Waals surface area contributed by atoms with Crippen LogP contribution in [0.2, 0.25) is 0 Å². The van der Waals surface area contributed by atoms with E-state index >= 15 is 0 Å². The first-order valence-corrected chi connectivity index (χ1v) is 3.97. The third-order valence-electron chi connectivity index (χ3n) is 2.39. The van der Waals surface area contributed by atoms with E-state index in [9.17, 15) is 5.11 Å². The molecule has 0 aromatic heterocycles. The van der Waals surface area contributed by atoms with Crippen LogP contribution in [0.1, 0.15) is 30.6 Å². The predicted octanol–water partition coefficient (Wildman–Crippen LogP) is 1.97. The lowest BCUT2D eigenvalue weighted by Gasteiger charge is -2.04. The first kappa shape index (κ1) is 5.78. The molecule has 1 aromatic carbocycles. The minimum Gasteiger partial charge on any atom is -0.388 e. The van der Waals surface area contributed by atoms with Gasteiger partial charge < -0.3 is 5.11 Å². The van der Waals surface area contributed by atoms with E-state index in [4.69, 9.17) is 1.37 Å². The molecule has 1 aliphatic rings. The molecule has 0 spiro atoms. The summed E-state index contributed by atoms with van der Waals surface area (Å²) in [6.07, 6.45) is 1.45. The summed E-state index contributed by atoms with van der Waals surface area (Å²) in [5, 5.41) is 9.54. The maximum absolute atomic E-state index is 9.54. The van der Waals surface area contributed by atoms with E-state index in [-0.39, 0.29) is 6.10 Å². The van der Waals surface area contributed by atoms with Crippen molar-refractivity contribution in [2.24, 2.45) is 0 Å². The fourth-order valence-corrected chi connectivity index (χ4v) is 1.74. The van der Waals surface area contributed by atoms with E-state index in [1.807, 2.05) is 13.0 Å². The van der Waals surface area contributed by atoms with Crippen molar-refractivity contribution in [1.29, 1.82) is 0 Å². The summed E-state index contributed by atoms with van der Waals surface area (Å²) < 4.78 is 7.57. The standard InChI is InChI=1S/C10H12O/c1-7-3-2-4-9-8(7)5-6-10(9)11/h2-4,10-11H,5-6H2,1H3/i3D. The molecule has 0 heterocycles. The molecule has 0 bridgehead atoms. The van der Waals surface area contributed by atoms with Crippen LogP contribution < -0.4 is 0 Å². The highest BCUT2D eigenvalue weighted by atomic mass is 16.3. The highest BCUT2D eigenvalue weighted by Crippen LogP contribution is 2.32. The molecule has 58 valence electrons. The Kier molecular flexibility index (Phi) is 1.23. The first-order chi connectivity index (χ1) is 5.70. The number of fused-ring (bicyclic) bond motifs is 1. The Morgan fingerprint density at radius 1 is 1.73 bits per heavy atom. The quantitative estimate of drug-likeness (QED) is 0.598. The van der Waals surface area contributed by atoms with Gasteiger partial charge >= 0.3 is 0 Å². The fraction of sp³-hybridized carbons (Fsp3) is 0.400. The SMILES string of the molecule is [2H]c1ccc2c(c1C)CCC2O. The molecule has 11 heavy (non-hydrogen) atoms. The molecule has 0 radical (unpaired) electrons. The van der Waals surface area contributed by atoms with Gasteiger partial charge in [0.05, 0.1) is 7.47 Å². The van der Waals surface area contributed by atoms with Gasteiger partial charge in [0.1, 0.15) is 0 Å². The Bertz CT molecular complexity index is 320. The third kappa shape index (κ3) is 0.962. The zero-order valence-electron chi connectivity index (χ0n) is 7.59. The number of hydrogen-bond acceptors (Lipinski definition) is 1. The van der Waals surface area contributed by atoms with Gasteiger partial charge in [-0.15, -0.1) is 0 Å². The number of benzene rings is 1. The summed E-state index contributed by atoms with van der Waals surface area (Å²) in [7, 11) is 0. The highest BCUT2D eigenvalue weighted by Gasteiger charge is 2.20. The maximum atomic E-state index is 9.54. The van der Waals surface area contributed by atoms with Crippen molar-refractivity contribution < 1.29 is 6.48 Å². The largest absolute Gasteiger partial charge is 0.388 e. The number of rotatable bonds is 0. The van der Waals surface area contributed by atoms with Gasteiger partial charge in [-0.1, -0.05) is 18.2 Å². The van der Waals surface area contributed by atoms with E-state index < -0.39 is 0 Å². The van der Waals surface area contributed by atoms with Gasteiger partial charge in [0.25, 0.3) is 0 Å². The van der Waals surface area contributed by atoms with E-state index in [0.29, 0.717) is 6.04 Å². The molecule has 0 amide bonds. The fourth-order valence-electron chi connectivity index (χ4n) is 1.74. The van der Waals surface area contributed by atoms with Crippen LogP contribution in [0.3, 0.4) is 0 Å². The van der Waals surface area contributed by atoms with Crippen molar-refractivity contribution in [3.8, 4) is 0 Å². The molecule has 1 aliphatic carbocycles. The summed E-state index contributed by atoms with van der Waals surface area (Å²) >= 11 is 0. The zero-order chi connectivity index (χ0) is 8.72. The first-order valence-electron chi connectivity index (χ1n) is 4.47. The van der Waals surface area contributed by atoms with Crippen LogP contribution in [0.25, 0.3) is 0 Å². The summed E-state index contributed by atoms with van der Waals surface area (Å²) in [6.45, 7) is 1.96. The topological polar surface area (TPSA) is 20.2 Å². The van der Waals surface area contributed by atoms with Gasteiger partial charge in [-0.2, -0.15) is 0 Å². The van der Waals surface area contributed by atoms with Crippen LogP contribution in [0.15, 0.2) is 18.2 Å². The van der Waals surface area contributed by atoms with Crippen LogP contribution in [0.4, 0.5) is 0 Å². The molecule has 1 unspecified atom stereocenters. The molecule has 0 saturated carbocycles. The molecule has 2 rings (SSSR count). The van der Waals surface area contributed by atoms with E-state index in [1.54, 1.807) is 6.07 Å². The van der Waals surface area contributed by atoms with E-state index in [0.717, 1.165) is 24.0 Å². The van der Waals surface area contributed by atoms with Crippen molar-refractivity contribution in [1.82, 2.24) is 0 Å². The average molecular weight is 149 g/mol. The normalized spacial score (nSPS) is 23.1. The van der Waals surface area contributed by atoms with Crippen LogP contribution in [-0.4, -0.2) is 5.11 Å². The monoisotopic (exact) mass is 149 g/mol. The molecule has 0 saturated heterocycles. The van der Waals surface area contributed by atoms with Gasteiger partial charge in [0.2, 0.25) is 0 Å². The van der Waals surface area contributed by atoms with Crippen molar-refractivity contribution in [3.63, 3.8) is 0 Å². The van der Waals surface area contributed by atoms with Crippen LogP contribution in [-0.2, 0) is 6.42 Å². The molecular formula is C10H12O. The maximum Gasteiger partial charge on any atom is 0.0796 e. The predicted molar refractivity (Wildman–Crippen MR) is 44.5 cm³/mol. The Hall–Kier alpha value is -0.820. The Morgan fingerprint density at radius 3 is 3.36 bits per heavy atom. The Morgan fingerprint density at radius 2 is 2.55 bits per heavy atom. The summed E-state index contributed by atoms with van der Waals surface area (Å²) in [5.74, 6) is 0. The minimum atomic E-state index is -0.292. The van der Waals surface area contributed by atoms with E-state index in [2.05, 4.69) is 0 Å². The van der Waals surface area contributed by atoms with Gasteiger partial charge in [0.15, 0.2) is 0 Å². The van der Waals surface area contributed by atoms with Gasteiger partial charge in [-0.3, -0.25) is 0 Å². The highest BCUT2D eigenvalue weighted by molar-refractivity contribution is 5.39. The molecular weight excluding hydrogens is 136 g/mol. The Labute approximate surface area is 68.1 Å². The zero-order valence-corrected chi connectivity index (χ0v) is 6.59. The molecule has 1 N–H and O–H groups in total. The Balaban J connectivity index is 2.60. The lowest BCUT2D eigenvalue weighted by atomic mass is 10.0. The molecule has 1 heteroatoms. The second-order valence-corrected chi connectivity index (χ2v) is 3.09. The molecule has 1 aromatic rings. The van der Waals surface area contributed by atoms with Crippen molar-refractivity contribution in [2.75, 3.05) is 0 Å². The molecule has 1 nitrogen and oxygen atoms in total. The van der Waals surface area contributed by atoms with Crippen LogP contribution >= 0.6 is 0 Å². The molecule has 1 atom stereocenters. The number of hydrogen-bond donors (Lipinski definition) is 1. The molecule has 0 fully saturated rings. The minimum absolute atomic E-state index is 0.292. The van der Waals surface area contributed by atoms with E-state index in [1.165, 1.54) is 5.56 Å². The van der Waals surface area contributed by atoms with Crippen LogP contribution in [0, 0.1) is 6.92 Å². The van der Waals surface area contributed by atoms with Crippen molar-refractivity contribution in [2.45, 2.75) is 25.9 Å². The number of aliphatic hydroxyl groups excluding tert-OH is 1. The summed E-state index contributed by atoms with van der Waals surface area (Å²) in [4.78, 5) is 0. The summed E-state index contributed by atoms with van der Waals surface area (Å²) in [5.41, 5.74) is 3.25. The smallest absolute Gasteiger partial charge is 0.0796 e. The van der Waals surface area contributed by atoms with Gasteiger partial charge in [-0.25, -0.2) is 0 Å². The molecule has 0 aliphatic heterocycles. The van der Waals surface area contributed by atoms with Gasteiger partial charge in [0, 0.05) is 0 Å². The number of aliphatic hydroxyl groups is 1. The third-order valence-corrected chi connectivity index (χ3v) is 2.39. The summed E-state index contributed by atoms with van der Waals surface area (Å²) in [6, 6.07) is 4.23. The van der Waals surface area contributed by atoms with Crippen molar-refractivity contribution in [3.05, 3.63) is 34.9 Å². The lowest BCUT2D eigenvalue weighted by molar-refractivity contribution is 0.180. The van der Waals surface area contributed by atoms with Crippen molar-refractivity contribution >= 4 is 0 Å². The van der Waals surface area contributed by atoms with Gasteiger partial charge in [-0.05, 0) is 36.5 Å².